The van der Waals surface area contributed by atoms with Crippen molar-refractivity contribution >= 4 is 35.9 Å². The zero-order chi connectivity index (χ0) is 18.5. The van der Waals surface area contributed by atoms with Crippen molar-refractivity contribution in [3.05, 3.63) is 69.9 Å². The molecule has 134 valence electrons. The van der Waals surface area contributed by atoms with Crippen LogP contribution in [0.5, 0.6) is 5.75 Å². The Hall–Kier alpha value is -1.62. The van der Waals surface area contributed by atoms with Crippen molar-refractivity contribution in [1.29, 1.82) is 0 Å². The van der Waals surface area contributed by atoms with Crippen molar-refractivity contribution in [1.82, 2.24) is 0 Å². The molecule has 1 aliphatic rings. The van der Waals surface area contributed by atoms with Crippen molar-refractivity contribution in [3.8, 4) is 15.5 Å². The molecule has 0 amide bonds. The van der Waals surface area contributed by atoms with Crippen LogP contribution in [0.4, 0.5) is 0 Å². The highest BCUT2D eigenvalue weighted by Gasteiger charge is 2.44. The topological polar surface area (TPSA) is 9.23 Å². The van der Waals surface area contributed by atoms with Crippen molar-refractivity contribution in [2.45, 2.75) is 32.5 Å². The maximum atomic E-state index is 6.18. The predicted octanol–water partition coefficient (Wildman–Crippen LogP) is 6.26. The summed E-state index contributed by atoms with van der Waals surface area (Å²) in [6.07, 6.45) is 1.83. The minimum Gasteiger partial charge on any atom is -0.489 e. The van der Waals surface area contributed by atoms with Gasteiger partial charge in [-0.05, 0) is 58.6 Å². The van der Waals surface area contributed by atoms with Crippen LogP contribution < -0.4 is 9.92 Å². The van der Waals surface area contributed by atoms with Crippen LogP contribution in [0, 0.1) is 13.8 Å². The van der Waals surface area contributed by atoms with Crippen LogP contribution in [0.3, 0.4) is 0 Å². The second-order valence-electron chi connectivity index (χ2n) is 7.62. The molecule has 0 fully saturated rings. The maximum Gasteiger partial charge on any atom is 0.121 e. The van der Waals surface area contributed by atoms with Crippen molar-refractivity contribution in [2.24, 2.45) is 0 Å². The Kier molecular flexibility index (Phi) is 4.46. The molecule has 2 heterocycles. The zero-order valence-corrected chi connectivity index (χ0v) is 18.4. The first-order valence-corrected chi connectivity index (χ1v) is 13.8. The summed E-state index contributed by atoms with van der Waals surface area (Å²) in [6.45, 7) is 13.7. The lowest BCUT2D eigenvalue weighted by molar-refractivity contribution is 0.363. The fraction of sp³-hybridized carbons (Fsp3) is 0.273. The molecule has 0 spiro atoms. The summed E-state index contributed by atoms with van der Waals surface area (Å²) in [5.74, 6) is 1.08. The molecule has 0 atom stereocenters. The number of aryl methyl sites for hydroxylation is 2. The molecule has 0 aliphatic heterocycles. The molecule has 0 N–H and O–H groups in total. The van der Waals surface area contributed by atoms with Gasteiger partial charge in [0.15, 0.2) is 0 Å². The van der Waals surface area contributed by atoms with Crippen LogP contribution in [0.1, 0.15) is 27.8 Å². The van der Waals surface area contributed by atoms with Gasteiger partial charge in [0.25, 0.3) is 0 Å². The van der Waals surface area contributed by atoms with Gasteiger partial charge in [-0.25, -0.2) is 0 Å². The molecule has 1 nitrogen and oxygen atoms in total. The Morgan fingerprint density at radius 2 is 1.69 bits per heavy atom. The second kappa shape index (κ2) is 6.52. The molecule has 26 heavy (non-hydrogen) atoms. The quantitative estimate of drug-likeness (QED) is 0.365. The first kappa shape index (κ1) is 17.8. The zero-order valence-electron chi connectivity index (χ0n) is 15.8. The molecule has 4 rings (SSSR count). The van der Waals surface area contributed by atoms with Crippen LogP contribution in [0.2, 0.25) is 13.1 Å². The van der Waals surface area contributed by atoms with Gasteiger partial charge in [0.2, 0.25) is 0 Å². The van der Waals surface area contributed by atoms with Gasteiger partial charge in [-0.1, -0.05) is 43.4 Å². The van der Waals surface area contributed by atoms with Gasteiger partial charge in [0, 0.05) is 15.3 Å². The average molecular weight is 397 g/mol. The molecule has 3 aromatic rings. The highest BCUT2D eigenvalue weighted by Crippen LogP contribution is 2.53. The van der Waals surface area contributed by atoms with Crippen LogP contribution in [-0.2, 0) is 0 Å². The monoisotopic (exact) mass is 396 g/mol. The van der Waals surface area contributed by atoms with E-state index in [2.05, 4.69) is 68.5 Å². The number of rotatable bonds is 5. The molecule has 1 aromatic carbocycles. The van der Waals surface area contributed by atoms with Crippen LogP contribution in [0.15, 0.2) is 47.7 Å². The van der Waals surface area contributed by atoms with Gasteiger partial charge in [0.1, 0.15) is 12.4 Å². The molecule has 0 unspecified atom stereocenters. The van der Waals surface area contributed by atoms with E-state index in [0.717, 1.165) is 5.75 Å². The molecule has 0 bridgehead atoms. The van der Waals surface area contributed by atoms with Crippen LogP contribution >= 0.6 is 22.7 Å². The number of thiophene rings is 2. The summed E-state index contributed by atoms with van der Waals surface area (Å²) >= 11 is 3.77. The standard InChI is InChI=1S/C22H24OS2Si/c1-6-9-23-19-15(3)12-14(2)13-18(19)26(4,5)22-16-7-10-24-20(16)21-17(22)8-11-25-21/h6-8,10-13,22H,1,9H2,2-5H3. The summed E-state index contributed by atoms with van der Waals surface area (Å²) in [4.78, 5) is 2.97. The smallest absolute Gasteiger partial charge is 0.121 e. The third-order valence-corrected chi connectivity index (χ3v) is 11.2. The van der Waals surface area contributed by atoms with Crippen LogP contribution in [-0.4, -0.2) is 14.7 Å². The summed E-state index contributed by atoms with van der Waals surface area (Å²) < 4.78 is 6.18. The molecule has 1 aliphatic carbocycles. The predicted molar refractivity (Wildman–Crippen MR) is 118 cm³/mol. The number of fused-ring (bicyclic) bond motifs is 3. The minimum absolute atomic E-state index is 0.497. The van der Waals surface area contributed by atoms with Crippen molar-refractivity contribution in [3.63, 3.8) is 0 Å². The highest BCUT2D eigenvalue weighted by atomic mass is 32.1. The van der Waals surface area contributed by atoms with E-state index < -0.39 is 8.07 Å². The summed E-state index contributed by atoms with van der Waals surface area (Å²) in [6, 6.07) is 9.29. The van der Waals surface area contributed by atoms with Gasteiger partial charge < -0.3 is 4.74 Å². The largest absolute Gasteiger partial charge is 0.489 e. The Morgan fingerprint density at radius 3 is 2.27 bits per heavy atom. The van der Waals surface area contributed by atoms with Crippen molar-refractivity contribution < 1.29 is 4.74 Å². The Labute approximate surface area is 165 Å². The summed E-state index contributed by atoms with van der Waals surface area (Å²) in [5, 5.41) is 5.93. The number of ether oxygens (including phenoxy) is 1. The van der Waals surface area contributed by atoms with Gasteiger partial charge >= 0.3 is 0 Å². The third kappa shape index (κ3) is 2.63. The number of hydrogen-bond acceptors (Lipinski definition) is 3. The van der Waals surface area contributed by atoms with E-state index in [1.165, 1.54) is 37.2 Å². The number of hydrogen-bond donors (Lipinski definition) is 0. The molecular weight excluding hydrogens is 372 g/mol. The first-order chi connectivity index (χ1) is 12.4. The van der Waals surface area contributed by atoms with E-state index >= 15 is 0 Å². The molecular formula is C22H24OS2Si. The molecule has 0 saturated carbocycles. The second-order valence-corrected chi connectivity index (χ2v) is 14.0. The maximum absolute atomic E-state index is 6.18. The van der Waals surface area contributed by atoms with E-state index in [4.69, 9.17) is 4.74 Å². The number of benzene rings is 1. The van der Waals surface area contributed by atoms with Gasteiger partial charge in [0.05, 0.1) is 8.07 Å². The Morgan fingerprint density at radius 1 is 1.08 bits per heavy atom. The summed E-state index contributed by atoms with van der Waals surface area (Å²) in [7, 11) is -1.88. The molecule has 0 radical (unpaired) electrons. The third-order valence-electron chi connectivity index (χ3n) is 5.40. The van der Waals surface area contributed by atoms with Gasteiger partial charge in [-0.3, -0.25) is 0 Å². The van der Waals surface area contributed by atoms with Crippen molar-refractivity contribution in [2.75, 3.05) is 6.61 Å². The molecule has 0 saturated heterocycles. The fourth-order valence-electron chi connectivity index (χ4n) is 4.33. The average Bonchev–Trinajstić information content (AvgIpc) is 3.26. The Balaban J connectivity index is 1.90. The van der Waals surface area contributed by atoms with Gasteiger partial charge in [-0.15, -0.1) is 22.7 Å². The molecule has 4 heteroatoms. The van der Waals surface area contributed by atoms with E-state index in [0.29, 0.717) is 12.1 Å². The van der Waals surface area contributed by atoms with Crippen LogP contribution in [0.25, 0.3) is 9.75 Å². The van der Waals surface area contributed by atoms with E-state index in [-0.39, 0.29) is 0 Å². The summed E-state index contributed by atoms with van der Waals surface area (Å²) in [5.41, 5.74) is 6.11. The van der Waals surface area contributed by atoms with E-state index in [9.17, 15) is 0 Å². The Bertz CT molecular complexity index is 940. The lowest BCUT2D eigenvalue weighted by atomic mass is 10.1. The first-order valence-electron chi connectivity index (χ1n) is 8.95. The van der Waals surface area contributed by atoms with E-state index in [1.807, 2.05) is 28.7 Å². The molecule has 2 aromatic heterocycles. The van der Waals surface area contributed by atoms with Gasteiger partial charge in [-0.2, -0.15) is 0 Å². The fourth-order valence-corrected chi connectivity index (χ4v) is 10.4. The lowest BCUT2D eigenvalue weighted by Crippen LogP contribution is -2.48. The minimum atomic E-state index is -1.88. The van der Waals surface area contributed by atoms with E-state index in [1.54, 1.807) is 0 Å². The highest BCUT2D eigenvalue weighted by molar-refractivity contribution is 7.21. The normalized spacial score (nSPS) is 13.5. The lowest BCUT2D eigenvalue weighted by Gasteiger charge is -2.33. The SMILES string of the molecule is C=CCOc1c(C)cc(C)cc1[Si](C)(C)C1c2ccsc2-c2sccc21.